The molecule has 0 aliphatic rings. The normalized spacial score (nSPS) is 11.7. The average molecular weight is 285 g/mol. The van der Waals surface area contributed by atoms with Crippen LogP contribution >= 0.6 is 0 Å². The molecule has 5 nitrogen and oxygen atoms in total. The first-order chi connectivity index (χ1) is 9.40. The molecule has 0 amide bonds. The maximum atomic E-state index is 12.8. The number of halogens is 3. The molecule has 0 atom stereocenters. The van der Waals surface area contributed by atoms with Gasteiger partial charge in [-0.3, -0.25) is 0 Å². The van der Waals surface area contributed by atoms with Crippen LogP contribution in [0.1, 0.15) is 18.1 Å². The minimum Gasteiger partial charge on any atom is -0.462 e. The molecule has 8 heteroatoms. The molecule has 0 radical (unpaired) electrons. The van der Waals surface area contributed by atoms with E-state index in [0.717, 1.165) is 18.2 Å². The number of rotatable bonds is 4. The third-order valence-electron chi connectivity index (χ3n) is 2.20. The van der Waals surface area contributed by atoms with Crippen LogP contribution in [-0.4, -0.2) is 12.6 Å². The number of carbonyl (C=O) groups excluding carboxylic acids is 1. The van der Waals surface area contributed by atoms with E-state index in [0.29, 0.717) is 0 Å². The molecule has 0 aliphatic heterocycles. The van der Waals surface area contributed by atoms with Crippen molar-refractivity contribution in [3.63, 3.8) is 0 Å². The molecule has 106 valence electrons. The second-order valence-corrected chi connectivity index (χ2v) is 3.52. The van der Waals surface area contributed by atoms with Crippen molar-refractivity contribution in [2.24, 2.45) is 5.11 Å². The Morgan fingerprint density at radius 3 is 2.65 bits per heavy atom. The van der Waals surface area contributed by atoms with Gasteiger partial charge in [-0.25, -0.2) is 4.79 Å². The van der Waals surface area contributed by atoms with Crippen molar-refractivity contribution in [1.82, 2.24) is 0 Å². The lowest BCUT2D eigenvalue weighted by Crippen LogP contribution is -2.09. The van der Waals surface area contributed by atoms with Crippen LogP contribution in [0.5, 0.6) is 0 Å². The van der Waals surface area contributed by atoms with Crippen LogP contribution < -0.4 is 0 Å². The Labute approximate surface area is 112 Å². The van der Waals surface area contributed by atoms with E-state index < -0.39 is 23.4 Å². The molecule has 0 bridgehead atoms. The molecule has 0 saturated carbocycles. The molecule has 1 rings (SSSR count). The van der Waals surface area contributed by atoms with E-state index in [-0.39, 0.29) is 12.2 Å². The van der Waals surface area contributed by atoms with Crippen LogP contribution in [0.2, 0.25) is 0 Å². The van der Waals surface area contributed by atoms with Crippen LogP contribution in [0.3, 0.4) is 0 Å². The fourth-order valence-electron chi connectivity index (χ4n) is 1.41. The summed E-state index contributed by atoms with van der Waals surface area (Å²) in [6, 6.07) is 4.62. The summed E-state index contributed by atoms with van der Waals surface area (Å²) in [6.45, 7) is 1.54. The summed E-state index contributed by atoms with van der Waals surface area (Å²) in [5.74, 6) is -0.984. The molecule has 0 N–H and O–H groups in total. The summed E-state index contributed by atoms with van der Waals surface area (Å²) in [4.78, 5) is 13.9. The average Bonchev–Trinajstić information content (AvgIpc) is 2.38. The molecule has 1 aromatic rings. The molecule has 0 heterocycles. The summed E-state index contributed by atoms with van der Waals surface area (Å²) < 4.78 is 43.0. The van der Waals surface area contributed by atoms with Crippen molar-refractivity contribution in [3.05, 3.63) is 51.5 Å². The van der Waals surface area contributed by atoms with Gasteiger partial charge >= 0.3 is 12.1 Å². The van der Waals surface area contributed by atoms with Gasteiger partial charge in [-0.2, -0.15) is 13.2 Å². The Morgan fingerprint density at radius 1 is 1.45 bits per heavy atom. The SMILES string of the molecule is CCOC(=O)/C(=C/c1ccccc1C(F)(F)F)N=[N+]=[N-]. The maximum Gasteiger partial charge on any atom is 0.416 e. The predicted molar refractivity (Wildman–Crippen MR) is 65.2 cm³/mol. The van der Waals surface area contributed by atoms with E-state index in [1.54, 1.807) is 0 Å². The Hall–Kier alpha value is -2.47. The highest BCUT2D eigenvalue weighted by molar-refractivity contribution is 5.93. The maximum absolute atomic E-state index is 12.8. The van der Waals surface area contributed by atoms with Crippen molar-refractivity contribution < 1.29 is 22.7 Å². The summed E-state index contributed by atoms with van der Waals surface area (Å²) in [6.07, 6.45) is -3.73. The smallest absolute Gasteiger partial charge is 0.416 e. The Bertz CT molecular complexity index is 576. The second-order valence-electron chi connectivity index (χ2n) is 3.52. The fraction of sp³-hybridized carbons (Fsp3) is 0.250. The largest absolute Gasteiger partial charge is 0.462 e. The third kappa shape index (κ3) is 4.03. The molecule has 0 spiro atoms. The summed E-state index contributed by atoms with van der Waals surface area (Å²) in [5.41, 5.74) is 6.60. The first-order valence-corrected chi connectivity index (χ1v) is 5.50. The van der Waals surface area contributed by atoms with Crippen molar-refractivity contribution in [1.29, 1.82) is 0 Å². The molecule has 0 fully saturated rings. The number of azide groups is 1. The monoisotopic (exact) mass is 285 g/mol. The minimum absolute atomic E-state index is 0.0119. The highest BCUT2D eigenvalue weighted by Gasteiger charge is 2.32. The van der Waals surface area contributed by atoms with Gasteiger partial charge in [-0.05, 0) is 30.2 Å². The van der Waals surface area contributed by atoms with E-state index in [9.17, 15) is 18.0 Å². The third-order valence-corrected chi connectivity index (χ3v) is 2.20. The lowest BCUT2D eigenvalue weighted by Gasteiger charge is -2.10. The van der Waals surface area contributed by atoms with E-state index in [2.05, 4.69) is 14.8 Å². The summed E-state index contributed by atoms with van der Waals surface area (Å²) in [7, 11) is 0. The van der Waals surface area contributed by atoms with Gasteiger partial charge < -0.3 is 4.74 Å². The number of benzene rings is 1. The van der Waals surface area contributed by atoms with E-state index in [4.69, 9.17) is 5.53 Å². The number of nitrogens with zero attached hydrogens (tertiary/aromatic N) is 3. The zero-order chi connectivity index (χ0) is 15.2. The molecular weight excluding hydrogens is 275 g/mol. The van der Waals surface area contributed by atoms with Gasteiger partial charge in [0.1, 0.15) is 5.70 Å². The number of hydrogen-bond donors (Lipinski definition) is 0. The molecule has 0 aromatic heterocycles. The summed E-state index contributed by atoms with van der Waals surface area (Å²) in [5, 5.41) is 3.06. The van der Waals surface area contributed by atoms with Gasteiger partial charge in [0, 0.05) is 4.91 Å². The van der Waals surface area contributed by atoms with Crippen molar-refractivity contribution in [3.8, 4) is 0 Å². The molecule has 20 heavy (non-hydrogen) atoms. The molecule has 0 saturated heterocycles. The minimum atomic E-state index is -4.58. The fourth-order valence-corrected chi connectivity index (χ4v) is 1.41. The lowest BCUT2D eigenvalue weighted by atomic mass is 10.1. The van der Waals surface area contributed by atoms with Crippen LogP contribution in [0.25, 0.3) is 16.5 Å². The molecular formula is C12H10F3N3O2. The van der Waals surface area contributed by atoms with Crippen LogP contribution in [0, 0.1) is 0 Å². The standard InChI is InChI=1S/C12H10F3N3O2/c1-2-20-11(19)10(17-18-16)7-8-5-3-4-6-9(8)12(13,14)15/h3-7H,2H2,1H3/b10-7-. The predicted octanol–water partition coefficient (Wildman–Crippen LogP) is 3.92. The van der Waals surface area contributed by atoms with Crippen LogP contribution in [0.15, 0.2) is 35.1 Å². The number of hydrogen-bond acceptors (Lipinski definition) is 3. The first-order valence-electron chi connectivity index (χ1n) is 5.50. The highest BCUT2D eigenvalue weighted by Crippen LogP contribution is 2.32. The number of ether oxygens (including phenoxy) is 1. The molecule has 0 unspecified atom stereocenters. The van der Waals surface area contributed by atoms with Gasteiger partial charge in [0.05, 0.1) is 12.2 Å². The van der Waals surface area contributed by atoms with Gasteiger partial charge in [0.15, 0.2) is 0 Å². The van der Waals surface area contributed by atoms with Gasteiger partial charge in [0.2, 0.25) is 0 Å². The second kappa shape index (κ2) is 6.63. The number of alkyl halides is 3. The van der Waals surface area contributed by atoms with E-state index in [1.807, 2.05) is 0 Å². The van der Waals surface area contributed by atoms with E-state index in [1.165, 1.54) is 19.1 Å². The van der Waals surface area contributed by atoms with Crippen molar-refractivity contribution in [2.75, 3.05) is 6.61 Å². The Balaban J connectivity index is 3.32. The zero-order valence-electron chi connectivity index (χ0n) is 10.4. The number of carbonyl (C=O) groups is 1. The van der Waals surface area contributed by atoms with E-state index >= 15 is 0 Å². The molecule has 0 aliphatic carbocycles. The lowest BCUT2D eigenvalue weighted by molar-refractivity contribution is -0.139. The highest BCUT2D eigenvalue weighted by atomic mass is 19.4. The van der Waals surface area contributed by atoms with Gasteiger partial charge in [-0.1, -0.05) is 23.3 Å². The van der Waals surface area contributed by atoms with Crippen LogP contribution in [-0.2, 0) is 15.7 Å². The van der Waals surface area contributed by atoms with Crippen LogP contribution in [0.4, 0.5) is 13.2 Å². The zero-order valence-corrected chi connectivity index (χ0v) is 10.4. The quantitative estimate of drug-likeness (QED) is 0.276. The number of esters is 1. The van der Waals surface area contributed by atoms with Crippen molar-refractivity contribution >= 4 is 12.0 Å². The van der Waals surface area contributed by atoms with Crippen molar-refractivity contribution in [2.45, 2.75) is 13.1 Å². The molecule has 1 aromatic carbocycles. The van der Waals surface area contributed by atoms with Gasteiger partial charge in [0.25, 0.3) is 0 Å². The van der Waals surface area contributed by atoms with Gasteiger partial charge in [-0.15, -0.1) is 0 Å². The first kappa shape index (κ1) is 15.6. The Kier molecular flexibility index (Phi) is 5.16. The Morgan fingerprint density at radius 2 is 2.10 bits per heavy atom. The summed E-state index contributed by atoms with van der Waals surface area (Å²) >= 11 is 0. The topological polar surface area (TPSA) is 75.1 Å².